The van der Waals surface area contributed by atoms with Gasteiger partial charge in [-0.3, -0.25) is 4.79 Å². The zero-order valence-corrected chi connectivity index (χ0v) is 13.8. The van der Waals surface area contributed by atoms with Crippen molar-refractivity contribution in [2.24, 2.45) is 0 Å². The van der Waals surface area contributed by atoms with Crippen molar-refractivity contribution >= 4 is 17.5 Å². The average Bonchev–Trinajstić information content (AvgIpc) is 3.19. The van der Waals surface area contributed by atoms with Gasteiger partial charge in [0.05, 0.1) is 12.7 Å². The van der Waals surface area contributed by atoms with Crippen molar-refractivity contribution < 1.29 is 19.0 Å². The Balaban J connectivity index is 1.30. The summed E-state index contributed by atoms with van der Waals surface area (Å²) in [5.41, 5.74) is 0.984. The van der Waals surface area contributed by atoms with Crippen LogP contribution in [0.15, 0.2) is 18.2 Å². The molecule has 0 radical (unpaired) electrons. The van der Waals surface area contributed by atoms with Crippen LogP contribution in [0.3, 0.4) is 0 Å². The van der Waals surface area contributed by atoms with Gasteiger partial charge < -0.3 is 19.5 Å². The maximum Gasteiger partial charge on any atom is 0.261 e. The van der Waals surface area contributed by atoms with Gasteiger partial charge in [0, 0.05) is 31.2 Å². The van der Waals surface area contributed by atoms with E-state index in [1.807, 2.05) is 12.1 Å². The van der Waals surface area contributed by atoms with Gasteiger partial charge in [-0.05, 0) is 43.0 Å². The summed E-state index contributed by atoms with van der Waals surface area (Å²) in [5.74, 6) is 0.658. The number of hydrogen-bond donors (Lipinski definition) is 1. The summed E-state index contributed by atoms with van der Waals surface area (Å²) in [4.78, 5) is 12.1. The number of halogens is 1. The number of benzene rings is 1. The quantitative estimate of drug-likeness (QED) is 0.775. The van der Waals surface area contributed by atoms with Gasteiger partial charge in [0.1, 0.15) is 5.75 Å². The normalized spacial score (nSPS) is 22.7. The summed E-state index contributed by atoms with van der Waals surface area (Å²) in [7, 11) is 0. The SMILES string of the molecule is O=C(NCCCOC[C@@H]1CCCO1)[C@H]1Cc2cc(Cl)ccc2O1. The average molecular weight is 340 g/mol. The topological polar surface area (TPSA) is 56.8 Å². The second kappa shape index (κ2) is 7.99. The summed E-state index contributed by atoms with van der Waals surface area (Å²) in [6, 6.07) is 5.43. The minimum atomic E-state index is -0.462. The number of amides is 1. The molecule has 2 heterocycles. The molecular formula is C17H22ClNO4. The Morgan fingerprint density at radius 2 is 2.35 bits per heavy atom. The third kappa shape index (κ3) is 4.59. The van der Waals surface area contributed by atoms with E-state index in [-0.39, 0.29) is 12.0 Å². The molecule has 0 bridgehead atoms. The predicted octanol–water partition coefficient (Wildman–Crippen LogP) is 2.35. The molecule has 2 aliphatic heterocycles. The summed E-state index contributed by atoms with van der Waals surface area (Å²) in [5, 5.41) is 3.56. The van der Waals surface area contributed by atoms with Crippen LogP contribution in [0, 0.1) is 0 Å². The zero-order valence-electron chi connectivity index (χ0n) is 13.1. The van der Waals surface area contributed by atoms with Crippen molar-refractivity contribution in [2.45, 2.75) is 37.9 Å². The molecule has 1 fully saturated rings. The lowest BCUT2D eigenvalue weighted by molar-refractivity contribution is -0.127. The van der Waals surface area contributed by atoms with Crippen LogP contribution in [0.5, 0.6) is 5.75 Å². The van der Waals surface area contributed by atoms with Crippen molar-refractivity contribution in [2.75, 3.05) is 26.4 Å². The molecule has 0 aromatic heterocycles. The maximum atomic E-state index is 12.1. The fraction of sp³-hybridized carbons (Fsp3) is 0.588. The first-order valence-electron chi connectivity index (χ1n) is 8.14. The van der Waals surface area contributed by atoms with E-state index < -0.39 is 6.10 Å². The van der Waals surface area contributed by atoms with Crippen LogP contribution in [0.1, 0.15) is 24.8 Å². The second-order valence-electron chi connectivity index (χ2n) is 5.92. The molecule has 0 unspecified atom stereocenters. The number of nitrogens with one attached hydrogen (secondary N) is 1. The molecule has 126 valence electrons. The molecule has 2 atom stereocenters. The molecule has 1 saturated heterocycles. The van der Waals surface area contributed by atoms with E-state index in [1.54, 1.807) is 6.07 Å². The van der Waals surface area contributed by atoms with Crippen LogP contribution in [0.25, 0.3) is 0 Å². The monoisotopic (exact) mass is 339 g/mol. The lowest BCUT2D eigenvalue weighted by Crippen LogP contribution is -2.38. The van der Waals surface area contributed by atoms with E-state index in [0.717, 1.165) is 37.2 Å². The van der Waals surface area contributed by atoms with E-state index in [4.69, 9.17) is 25.8 Å². The van der Waals surface area contributed by atoms with Gasteiger partial charge >= 0.3 is 0 Å². The second-order valence-corrected chi connectivity index (χ2v) is 6.35. The van der Waals surface area contributed by atoms with Crippen LogP contribution < -0.4 is 10.1 Å². The van der Waals surface area contributed by atoms with Crippen molar-refractivity contribution in [1.82, 2.24) is 5.32 Å². The number of carbonyl (C=O) groups is 1. The number of hydrogen-bond acceptors (Lipinski definition) is 4. The molecule has 1 aromatic rings. The van der Waals surface area contributed by atoms with Crippen molar-refractivity contribution in [1.29, 1.82) is 0 Å². The third-order valence-corrected chi connectivity index (χ3v) is 4.32. The van der Waals surface area contributed by atoms with Crippen LogP contribution in [-0.2, 0) is 20.7 Å². The highest BCUT2D eigenvalue weighted by molar-refractivity contribution is 6.30. The summed E-state index contributed by atoms with van der Waals surface area (Å²) < 4.78 is 16.7. The standard InChI is InChI=1S/C17H22ClNO4/c18-13-4-5-15-12(9-13)10-16(23-15)17(20)19-6-2-7-21-11-14-3-1-8-22-14/h4-5,9,14,16H,1-3,6-8,10-11H2,(H,19,20)/t14-,16+/m0/s1. The molecule has 0 saturated carbocycles. The van der Waals surface area contributed by atoms with Crippen LogP contribution >= 0.6 is 11.6 Å². The molecule has 5 nitrogen and oxygen atoms in total. The van der Waals surface area contributed by atoms with Crippen molar-refractivity contribution in [3.05, 3.63) is 28.8 Å². The van der Waals surface area contributed by atoms with Crippen molar-refractivity contribution in [3.63, 3.8) is 0 Å². The van der Waals surface area contributed by atoms with Crippen molar-refractivity contribution in [3.8, 4) is 5.75 Å². The molecule has 2 aliphatic rings. The fourth-order valence-electron chi connectivity index (χ4n) is 2.85. The van der Waals surface area contributed by atoms with E-state index in [1.165, 1.54) is 0 Å². The number of ether oxygens (including phenoxy) is 3. The molecule has 1 aromatic carbocycles. The van der Waals surface area contributed by atoms with E-state index in [0.29, 0.717) is 31.2 Å². The number of carbonyl (C=O) groups excluding carboxylic acids is 1. The lowest BCUT2D eigenvalue weighted by atomic mass is 10.1. The predicted molar refractivity (Wildman–Crippen MR) is 87.0 cm³/mol. The van der Waals surface area contributed by atoms with Gasteiger partial charge in [-0.1, -0.05) is 11.6 Å². The highest BCUT2D eigenvalue weighted by Crippen LogP contribution is 2.31. The van der Waals surface area contributed by atoms with Gasteiger partial charge in [-0.2, -0.15) is 0 Å². The summed E-state index contributed by atoms with van der Waals surface area (Å²) in [6.07, 6.45) is 3.35. The Hall–Kier alpha value is -1.30. The molecule has 0 aliphatic carbocycles. The molecule has 3 rings (SSSR count). The highest BCUT2D eigenvalue weighted by atomic mass is 35.5. The first kappa shape index (κ1) is 16.6. The molecular weight excluding hydrogens is 318 g/mol. The minimum absolute atomic E-state index is 0.0866. The molecule has 0 spiro atoms. The lowest BCUT2D eigenvalue weighted by Gasteiger charge is -2.12. The summed E-state index contributed by atoms with van der Waals surface area (Å²) >= 11 is 5.95. The Bertz CT molecular complexity index is 545. The fourth-order valence-corrected chi connectivity index (χ4v) is 3.05. The minimum Gasteiger partial charge on any atom is -0.480 e. The number of fused-ring (bicyclic) bond motifs is 1. The molecule has 23 heavy (non-hydrogen) atoms. The van der Waals surface area contributed by atoms with E-state index in [2.05, 4.69) is 5.32 Å². The zero-order chi connectivity index (χ0) is 16.1. The van der Waals surface area contributed by atoms with Gasteiger partial charge in [0.15, 0.2) is 6.10 Å². The largest absolute Gasteiger partial charge is 0.480 e. The van der Waals surface area contributed by atoms with E-state index in [9.17, 15) is 4.79 Å². The Morgan fingerprint density at radius 1 is 1.43 bits per heavy atom. The molecule has 6 heteroatoms. The summed E-state index contributed by atoms with van der Waals surface area (Å²) in [6.45, 7) is 2.71. The first-order chi connectivity index (χ1) is 11.2. The Kier molecular flexibility index (Phi) is 5.75. The molecule has 1 N–H and O–H groups in total. The van der Waals surface area contributed by atoms with Gasteiger partial charge in [0.2, 0.25) is 0 Å². The third-order valence-electron chi connectivity index (χ3n) is 4.08. The van der Waals surface area contributed by atoms with Crippen LogP contribution in [0.2, 0.25) is 5.02 Å². The number of rotatable bonds is 7. The maximum absolute atomic E-state index is 12.1. The van der Waals surface area contributed by atoms with Gasteiger partial charge in [-0.15, -0.1) is 0 Å². The Morgan fingerprint density at radius 3 is 3.17 bits per heavy atom. The van der Waals surface area contributed by atoms with Gasteiger partial charge in [-0.25, -0.2) is 0 Å². The van der Waals surface area contributed by atoms with Crippen LogP contribution in [0.4, 0.5) is 0 Å². The Labute approximate surface area is 141 Å². The molecule has 1 amide bonds. The van der Waals surface area contributed by atoms with E-state index >= 15 is 0 Å². The smallest absolute Gasteiger partial charge is 0.261 e. The van der Waals surface area contributed by atoms with Crippen LogP contribution in [-0.4, -0.2) is 44.5 Å². The van der Waals surface area contributed by atoms with Gasteiger partial charge in [0.25, 0.3) is 5.91 Å². The first-order valence-corrected chi connectivity index (χ1v) is 8.52. The highest BCUT2D eigenvalue weighted by Gasteiger charge is 2.28.